The number of carbonyl (C=O) groups is 2. The zero-order valence-electron chi connectivity index (χ0n) is 15.6. The van der Waals surface area contributed by atoms with Gasteiger partial charge >= 0.3 is 0 Å². The predicted molar refractivity (Wildman–Crippen MR) is 109 cm³/mol. The van der Waals surface area contributed by atoms with Crippen LogP contribution in [0.4, 0.5) is 5.82 Å². The van der Waals surface area contributed by atoms with Crippen LogP contribution in [-0.4, -0.2) is 38.4 Å². The molecule has 3 N–H and O–H groups in total. The fourth-order valence-corrected chi connectivity index (χ4v) is 3.20. The lowest BCUT2D eigenvalue weighted by Gasteiger charge is -2.09. The Kier molecular flexibility index (Phi) is 4.58. The number of aromatic nitrogens is 2. The average Bonchev–Trinajstić information content (AvgIpc) is 3.08. The third-order valence-corrected chi connectivity index (χ3v) is 4.64. The van der Waals surface area contributed by atoms with E-state index in [0.29, 0.717) is 38.9 Å². The van der Waals surface area contributed by atoms with Crippen molar-refractivity contribution < 1.29 is 14.8 Å². The van der Waals surface area contributed by atoms with Crippen LogP contribution in [0.5, 0.6) is 0 Å². The highest BCUT2D eigenvalue weighted by atomic mass is 16.5. The number of fused-ring (bicyclic) bond motifs is 1. The molecule has 0 radical (unpaired) electrons. The Morgan fingerprint density at radius 1 is 0.931 bits per heavy atom. The Bertz CT molecular complexity index is 1210. The Morgan fingerprint density at radius 2 is 1.59 bits per heavy atom. The number of nitrogens with two attached hydrogens (primary N) is 1. The molecule has 0 saturated heterocycles. The average molecular weight is 386 g/mol. The fraction of sp³-hybridized carbons (Fsp3) is 0.0455. The maximum Gasteiger partial charge on any atom is 0.276 e. The summed E-state index contributed by atoms with van der Waals surface area (Å²) in [6.45, 7) is 0. The minimum atomic E-state index is -0.515. The minimum Gasteiger partial charge on any atom is -0.382 e. The number of carbonyl (C=O) groups excluding carboxylic acids is 2. The van der Waals surface area contributed by atoms with Gasteiger partial charge in [0.05, 0.1) is 5.69 Å². The molecular formula is C22H18N4O3. The second kappa shape index (κ2) is 7.21. The van der Waals surface area contributed by atoms with Gasteiger partial charge in [-0.25, -0.2) is 10.0 Å². The summed E-state index contributed by atoms with van der Waals surface area (Å²) in [7, 11) is 1.27. The van der Waals surface area contributed by atoms with Crippen molar-refractivity contribution in [3.8, 4) is 11.3 Å². The first-order chi connectivity index (χ1) is 14.0. The maximum atomic E-state index is 12.8. The van der Waals surface area contributed by atoms with Crippen molar-refractivity contribution >= 4 is 23.2 Å². The number of nitrogens with zero attached hydrogens (tertiary/aromatic N) is 3. The van der Waals surface area contributed by atoms with Gasteiger partial charge in [-0.1, -0.05) is 42.5 Å². The van der Waals surface area contributed by atoms with Crippen LogP contribution in [0, 0.1) is 0 Å². The predicted octanol–water partition coefficient (Wildman–Crippen LogP) is 3.28. The number of benzene rings is 2. The van der Waals surface area contributed by atoms with Crippen molar-refractivity contribution in [1.82, 2.24) is 14.4 Å². The number of hydrogen-bond donors (Lipinski definition) is 2. The van der Waals surface area contributed by atoms with Gasteiger partial charge in [-0.15, -0.1) is 0 Å². The molecule has 2 aromatic heterocycles. The molecular weight excluding hydrogens is 368 g/mol. The SMILES string of the molecule is CN(O)C(=O)c1ccc(-c2c(N)nc3ccc(C(=O)c4ccccc4)cn23)cc1. The molecule has 0 fully saturated rings. The summed E-state index contributed by atoms with van der Waals surface area (Å²) in [5.41, 5.74) is 9.55. The molecule has 144 valence electrons. The van der Waals surface area contributed by atoms with Gasteiger partial charge in [-0.05, 0) is 24.3 Å². The minimum absolute atomic E-state index is 0.0994. The van der Waals surface area contributed by atoms with Gasteiger partial charge in [0, 0.05) is 35.5 Å². The molecule has 4 rings (SSSR count). The zero-order chi connectivity index (χ0) is 20.5. The molecule has 2 heterocycles. The largest absolute Gasteiger partial charge is 0.382 e. The summed E-state index contributed by atoms with van der Waals surface area (Å²) in [6, 6.07) is 19.1. The van der Waals surface area contributed by atoms with E-state index in [9.17, 15) is 14.8 Å². The Balaban J connectivity index is 1.78. The number of pyridine rings is 1. The van der Waals surface area contributed by atoms with E-state index in [-0.39, 0.29) is 5.78 Å². The van der Waals surface area contributed by atoms with Crippen molar-refractivity contribution in [3.05, 3.63) is 89.6 Å². The summed E-state index contributed by atoms with van der Waals surface area (Å²) in [5.74, 6) is -0.302. The molecule has 0 saturated carbocycles. The van der Waals surface area contributed by atoms with Crippen LogP contribution >= 0.6 is 0 Å². The molecule has 7 heteroatoms. The van der Waals surface area contributed by atoms with Gasteiger partial charge in [-0.3, -0.25) is 19.2 Å². The standard InChI is InChI=1S/C22H18N4O3/c1-25(29)22(28)16-9-7-14(8-10-16)19-21(23)24-18-12-11-17(13-26(18)19)20(27)15-5-3-2-4-6-15/h2-13,29H,23H2,1H3. The number of nitrogen functional groups attached to an aromatic ring is 1. The van der Waals surface area contributed by atoms with Crippen LogP contribution in [0.1, 0.15) is 26.3 Å². The molecule has 0 aliphatic heterocycles. The summed E-state index contributed by atoms with van der Waals surface area (Å²) in [4.78, 5) is 29.0. The lowest BCUT2D eigenvalue weighted by Crippen LogP contribution is -2.22. The molecule has 4 aromatic rings. The van der Waals surface area contributed by atoms with Crippen molar-refractivity contribution in [2.75, 3.05) is 12.8 Å². The molecule has 2 aromatic carbocycles. The van der Waals surface area contributed by atoms with Gasteiger partial charge in [0.1, 0.15) is 5.65 Å². The third-order valence-electron chi connectivity index (χ3n) is 4.64. The van der Waals surface area contributed by atoms with Crippen molar-refractivity contribution in [3.63, 3.8) is 0 Å². The van der Waals surface area contributed by atoms with Crippen molar-refractivity contribution in [1.29, 1.82) is 0 Å². The Labute approximate surface area is 166 Å². The van der Waals surface area contributed by atoms with Gasteiger partial charge in [-0.2, -0.15) is 0 Å². The first-order valence-electron chi connectivity index (χ1n) is 8.90. The van der Waals surface area contributed by atoms with E-state index in [0.717, 1.165) is 5.56 Å². The van der Waals surface area contributed by atoms with Crippen LogP contribution < -0.4 is 5.73 Å². The van der Waals surface area contributed by atoms with Crippen LogP contribution in [0.3, 0.4) is 0 Å². The second-order valence-electron chi connectivity index (χ2n) is 6.59. The van der Waals surface area contributed by atoms with E-state index in [2.05, 4.69) is 4.98 Å². The Hall–Kier alpha value is -3.97. The third kappa shape index (κ3) is 3.35. The van der Waals surface area contributed by atoms with Gasteiger partial charge in [0.2, 0.25) is 0 Å². The van der Waals surface area contributed by atoms with Crippen LogP contribution in [0.15, 0.2) is 72.9 Å². The van der Waals surface area contributed by atoms with E-state index >= 15 is 0 Å². The summed E-state index contributed by atoms with van der Waals surface area (Å²) in [5, 5.41) is 9.83. The molecule has 0 aliphatic rings. The van der Waals surface area contributed by atoms with Crippen LogP contribution in [-0.2, 0) is 0 Å². The van der Waals surface area contributed by atoms with Crippen LogP contribution in [0.2, 0.25) is 0 Å². The number of anilines is 1. The summed E-state index contributed by atoms with van der Waals surface area (Å²) < 4.78 is 1.76. The summed E-state index contributed by atoms with van der Waals surface area (Å²) >= 11 is 0. The summed E-state index contributed by atoms with van der Waals surface area (Å²) in [6.07, 6.45) is 1.71. The first kappa shape index (κ1) is 18.4. The van der Waals surface area contributed by atoms with E-state index < -0.39 is 5.91 Å². The van der Waals surface area contributed by atoms with Crippen molar-refractivity contribution in [2.24, 2.45) is 0 Å². The fourth-order valence-electron chi connectivity index (χ4n) is 3.20. The highest BCUT2D eigenvalue weighted by Gasteiger charge is 2.16. The molecule has 0 unspecified atom stereocenters. The highest BCUT2D eigenvalue weighted by molar-refractivity contribution is 6.09. The number of hydroxylamine groups is 2. The normalized spacial score (nSPS) is 10.8. The van der Waals surface area contributed by atoms with E-state index in [1.807, 2.05) is 18.2 Å². The maximum absolute atomic E-state index is 12.8. The number of rotatable bonds is 4. The topological polar surface area (TPSA) is 101 Å². The van der Waals surface area contributed by atoms with Gasteiger partial charge < -0.3 is 5.73 Å². The molecule has 0 spiro atoms. The number of imidazole rings is 1. The zero-order valence-corrected chi connectivity index (χ0v) is 15.6. The van der Waals surface area contributed by atoms with E-state index in [4.69, 9.17) is 5.73 Å². The number of hydrogen-bond acceptors (Lipinski definition) is 5. The second-order valence-corrected chi connectivity index (χ2v) is 6.59. The van der Waals surface area contributed by atoms with E-state index in [1.165, 1.54) is 7.05 Å². The van der Waals surface area contributed by atoms with Crippen molar-refractivity contribution in [2.45, 2.75) is 0 Å². The smallest absolute Gasteiger partial charge is 0.276 e. The quantitative estimate of drug-likeness (QED) is 0.318. The van der Waals surface area contributed by atoms with Gasteiger partial charge in [0.25, 0.3) is 5.91 Å². The van der Waals surface area contributed by atoms with Crippen LogP contribution in [0.25, 0.3) is 16.9 Å². The first-order valence-corrected chi connectivity index (χ1v) is 8.90. The lowest BCUT2D eigenvalue weighted by atomic mass is 10.0. The number of ketones is 1. The monoisotopic (exact) mass is 386 g/mol. The molecule has 0 atom stereocenters. The Morgan fingerprint density at radius 3 is 2.24 bits per heavy atom. The molecule has 0 aliphatic carbocycles. The number of amides is 1. The van der Waals surface area contributed by atoms with E-state index in [1.54, 1.807) is 59.1 Å². The lowest BCUT2D eigenvalue weighted by molar-refractivity contribution is -0.0374. The highest BCUT2D eigenvalue weighted by Crippen LogP contribution is 2.28. The van der Waals surface area contributed by atoms with Gasteiger partial charge in [0.15, 0.2) is 11.6 Å². The molecule has 7 nitrogen and oxygen atoms in total. The molecule has 29 heavy (non-hydrogen) atoms. The molecule has 1 amide bonds. The molecule has 0 bridgehead atoms.